The summed E-state index contributed by atoms with van der Waals surface area (Å²) in [5, 5.41) is 10.4. The first-order valence-corrected chi connectivity index (χ1v) is 10.9. The molecule has 1 heterocycles. The van der Waals surface area contributed by atoms with Gasteiger partial charge >= 0.3 is 0 Å². The molecule has 0 radical (unpaired) electrons. The van der Waals surface area contributed by atoms with Crippen LogP contribution in [-0.2, 0) is 0 Å². The van der Waals surface area contributed by atoms with Gasteiger partial charge in [0.15, 0.2) is 0 Å². The average molecular weight is 360 g/mol. The predicted octanol–water partition coefficient (Wildman–Crippen LogP) is 4.85. The number of rotatable bonds is 1. The van der Waals surface area contributed by atoms with Crippen molar-refractivity contribution in [1.82, 2.24) is 4.90 Å². The van der Waals surface area contributed by atoms with Gasteiger partial charge in [0.25, 0.3) is 0 Å². The number of hydrogen-bond donors (Lipinski definition) is 1. The van der Waals surface area contributed by atoms with Gasteiger partial charge in [-0.25, -0.2) is 4.39 Å². The van der Waals surface area contributed by atoms with Crippen LogP contribution in [0.3, 0.4) is 0 Å². The fourth-order valence-electron chi connectivity index (χ4n) is 7.52. The summed E-state index contributed by atoms with van der Waals surface area (Å²) in [6.07, 6.45) is 15.5. The van der Waals surface area contributed by atoms with Crippen LogP contribution < -0.4 is 0 Å². The van der Waals surface area contributed by atoms with E-state index >= 15 is 0 Å². The highest BCUT2D eigenvalue weighted by molar-refractivity contribution is 5.34. The fourth-order valence-corrected chi connectivity index (χ4v) is 7.52. The summed E-state index contributed by atoms with van der Waals surface area (Å²) in [7, 11) is 0. The molecule has 1 aliphatic heterocycles. The maximum atomic E-state index is 14.9. The highest BCUT2D eigenvalue weighted by Gasteiger charge is 2.64. The van der Waals surface area contributed by atoms with Gasteiger partial charge in [-0.2, -0.15) is 0 Å². The molecule has 2 nitrogen and oxygen atoms in total. The molecule has 0 aromatic heterocycles. The number of allylic oxidation sites excluding steroid dienone is 2. The molecule has 0 spiro atoms. The van der Waals surface area contributed by atoms with Crippen LogP contribution in [-0.4, -0.2) is 35.0 Å². The van der Waals surface area contributed by atoms with E-state index in [0.29, 0.717) is 30.2 Å². The molecular formula is C23H34FNO. The van der Waals surface area contributed by atoms with Gasteiger partial charge < -0.3 is 5.11 Å². The van der Waals surface area contributed by atoms with Crippen LogP contribution in [0.1, 0.15) is 65.2 Å². The minimum atomic E-state index is -1.96. The number of hydrogen-bond acceptors (Lipinski definition) is 2. The molecule has 0 aromatic carbocycles. The second-order valence-corrected chi connectivity index (χ2v) is 10.3. The fraction of sp³-hybridized carbons (Fsp3) is 0.826. The van der Waals surface area contributed by atoms with Crippen molar-refractivity contribution in [2.45, 2.75) is 77.1 Å². The maximum absolute atomic E-state index is 14.9. The van der Waals surface area contributed by atoms with Crippen molar-refractivity contribution in [2.75, 3.05) is 13.1 Å². The van der Waals surface area contributed by atoms with E-state index in [1.807, 2.05) is 6.92 Å². The molecule has 7 atom stereocenters. The van der Waals surface area contributed by atoms with E-state index in [0.717, 1.165) is 25.7 Å². The number of fused-ring (bicyclic) bond motifs is 5. The van der Waals surface area contributed by atoms with Crippen molar-refractivity contribution in [3.63, 3.8) is 0 Å². The van der Waals surface area contributed by atoms with E-state index in [1.165, 1.54) is 32.4 Å². The number of alkyl halides is 1. The maximum Gasteiger partial charge on any atom is 0.212 e. The molecular weight excluding hydrogens is 325 g/mol. The molecule has 2 unspecified atom stereocenters. The van der Waals surface area contributed by atoms with Crippen molar-refractivity contribution < 1.29 is 9.50 Å². The zero-order valence-corrected chi connectivity index (χ0v) is 16.4. The van der Waals surface area contributed by atoms with Crippen LogP contribution in [0.2, 0.25) is 0 Å². The minimum Gasteiger partial charge on any atom is -0.361 e. The molecule has 0 bridgehead atoms. The van der Waals surface area contributed by atoms with Crippen LogP contribution >= 0.6 is 0 Å². The molecule has 5 rings (SSSR count). The Balaban J connectivity index is 1.44. The molecule has 3 heteroatoms. The second kappa shape index (κ2) is 5.67. The third-order valence-corrected chi connectivity index (χ3v) is 9.29. The van der Waals surface area contributed by atoms with Gasteiger partial charge in [-0.15, -0.1) is 0 Å². The first-order chi connectivity index (χ1) is 12.4. The molecule has 0 amide bonds. The third kappa shape index (κ3) is 2.22. The first kappa shape index (κ1) is 17.4. The van der Waals surface area contributed by atoms with E-state index in [9.17, 15) is 9.50 Å². The van der Waals surface area contributed by atoms with Crippen molar-refractivity contribution in [2.24, 2.45) is 28.6 Å². The third-order valence-electron chi connectivity index (χ3n) is 9.29. The monoisotopic (exact) mass is 359 g/mol. The molecule has 4 aliphatic carbocycles. The number of halogens is 1. The van der Waals surface area contributed by atoms with Gasteiger partial charge in [0.1, 0.15) is 0 Å². The molecule has 1 saturated heterocycles. The summed E-state index contributed by atoms with van der Waals surface area (Å²) in [5.41, 5.74) is 1.25. The van der Waals surface area contributed by atoms with Crippen LogP contribution in [0.15, 0.2) is 23.8 Å². The Morgan fingerprint density at radius 3 is 2.62 bits per heavy atom. The summed E-state index contributed by atoms with van der Waals surface area (Å²) in [6.45, 7) is 6.95. The molecule has 3 fully saturated rings. The summed E-state index contributed by atoms with van der Waals surface area (Å²) in [4.78, 5) is 2.65. The molecule has 5 aliphatic rings. The lowest BCUT2D eigenvalue weighted by Crippen LogP contribution is -2.53. The van der Waals surface area contributed by atoms with Gasteiger partial charge in [0.2, 0.25) is 5.85 Å². The smallest absolute Gasteiger partial charge is 0.212 e. The van der Waals surface area contributed by atoms with Gasteiger partial charge in [-0.3, -0.25) is 4.90 Å². The number of nitrogens with zero attached hydrogens (tertiary/aromatic N) is 1. The van der Waals surface area contributed by atoms with E-state index in [-0.39, 0.29) is 5.41 Å². The SMILES string of the molecule is C[C@]12C=CC(N3CCCC3)CC1=CC[C@@H]1[C@H]2CC[C@@]2(C)[C@H]1CCC2(O)F. The quantitative estimate of drug-likeness (QED) is 0.677. The summed E-state index contributed by atoms with van der Waals surface area (Å²) in [5.74, 6) is -0.488. The Morgan fingerprint density at radius 1 is 1.12 bits per heavy atom. The summed E-state index contributed by atoms with van der Waals surface area (Å²) < 4.78 is 14.9. The van der Waals surface area contributed by atoms with Gasteiger partial charge in [0, 0.05) is 23.3 Å². The second-order valence-electron chi connectivity index (χ2n) is 10.3. The highest BCUT2D eigenvalue weighted by Crippen LogP contribution is 2.66. The van der Waals surface area contributed by atoms with Crippen LogP contribution in [0.4, 0.5) is 4.39 Å². The van der Waals surface area contributed by atoms with Crippen LogP contribution in [0.25, 0.3) is 0 Å². The normalized spacial score (nSPS) is 53.8. The Kier molecular flexibility index (Phi) is 3.80. The number of likely N-dealkylation sites (tertiary alicyclic amines) is 1. The average Bonchev–Trinajstić information content (AvgIpc) is 3.21. The van der Waals surface area contributed by atoms with Gasteiger partial charge in [-0.1, -0.05) is 37.6 Å². The Bertz CT molecular complexity index is 649. The number of aliphatic hydroxyl groups is 1. The predicted molar refractivity (Wildman–Crippen MR) is 102 cm³/mol. The van der Waals surface area contributed by atoms with Crippen molar-refractivity contribution in [1.29, 1.82) is 0 Å². The lowest BCUT2D eigenvalue weighted by molar-refractivity contribution is -0.195. The van der Waals surface area contributed by atoms with E-state index < -0.39 is 11.3 Å². The van der Waals surface area contributed by atoms with Crippen LogP contribution in [0, 0.1) is 28.6 Å². The molecule has 0 aromatic rings. The van der Waals surface area contributed by atoms with Crippen LogP contribution in [0.5, 0.6) is 0 Å². The van der Waals surface area contributed by atoms with Gasteiger partial charge in [-0.05, 0) is 75.8 Å². The first-order valence-electron chi connectivity index (χ1n) is 10.9. The van der Waals surface area contributed by atoms with Crippen molar-refractivity contribution in [3.05, 3.63) is 23.8 Å². The molecule has 2 saturated carbocycles. The Morgan fingerprint density at radius 2 is 1.85 bits per heavy atom. The van der Waals surface area contributed by atoms with E-state index in [4.69, 9.17) is 0 Å². The van der Waals surface area contributed by atoms with Crippen molar-refractivity contribution in [3.8, 4) is 0 Å². The summed E-state index contributed by atoms with van der Waals surface area (Å²) >= 11 is 0. The minimum absolute atomic E-state index is 0.150. The largest absolute Gasteiger partial charge is 0.361 e. The Labute approximate surface area is 157 Å². The Hall–Kier alpha value is -0.670. The zero-order chi connectivity index (χ0) is 18.2. The van der Waals surface area contributed by atoms with E-state index in [1.54, 1.807) is 5.57 Å². The standard InChI is InChI=1S/C23H34FNO/c1-21-10-7-17(25-13-3-4-14-25)15-16(21)5-6-18-19(21)8-11-22(2)20(18)9-12-23(22,24)26/h5,7,10,17-20,26H,3-4,6,8-9,11-15H2,1-2H3/t17?,18-,19-,20+,21+,22+,23?/m1/s1. The van der Waals surface area contributed by atoms with Gasteiger partial charge in [0.05, 0.1) is 0 Å². The lowest BCUT2D eigenvalue weighted by Gasteiger charge is -2.57. The molecule has 144 valence electrons. The molecule has 1 N–H and O–H groups in total. The van der Waals surface area contributed by atoms with E-state index in [2.05, 4.69) is 30.1 Å². The topological polar surface area (TPSA) is 23.5 Å². The lowest BCUT2D eigenvalue weighted by atomic mass is 9.49. The summed E-state index contributed by atoms with van der Waals surface area (Å²) in [6, 6.07) is 0.588. The highest BCUT2D eigenvalue weighted by atomic mass is 19.2. The van der Waals surface area contributed by atoms with Crippen molar-refractivity contribution >= 4 is 0 Å². The molecule has 26 heavy (non-hydrogen) atoms. The zero-order valence-electron chi connectivity index (χ0n) is 16.4.